The van der Waals surface area contributed by atoms with Crippen molar-refractivity contribution >= 4 is 16.7 Å². The monoisotopic (exact) mass is 319 g/mol. The first kappa shape index (κ1) is 14.0. The van der Waals surface area contributed by atoms with Crippen molar-refractivity contribution in [3.8, 4) is 5.82 Å². The fraction of sp³-hybridized carbons (Fsp3) is 0.368. The smallest absolute Gasteiger partial charge is 0.161 e. The molecule has 2 unspecified atom stereocenters. The molecule has 0 N–H and O–H groups in total. The van der Waals surface area contributed by atoms with Crippen molar-refractivity contribution in [2.24, 2.45) is 11.8 Å². The highest BCUT2D eigenvalue weighted by atomic mass is 15.3. The molecule has 5 nitrogen and oxygen atoms in total. The summed E-state index contributed by atoms with van der Waals surface area (Å²) >= 11 is 0. The summed E-state index contributed by atoms with van der Waals surface area (Å²) in [7, 11) is 2.24. The Bertz CT molecular complexity index is 858. The van der Waals surface area contributed by atoms with Crippen LogP contribution in [0, 0.1) is 11.8 Å². The molecule has 5 heteroatoms. The van der Waals surface area contributed by atoms with Gasteiger partial charge in [0.15, 0.2) is 5.82 Å². The van der Waals surface area contributed by atoms with E-state index < -0.39 is 0 Å². The van der Waals surface area contributed by atoms with Crippen LogP contribution in [-0.4, -0.2) is 52.9 Å². The molecule has 2 saturated heterocycles. The van der Waals surface area contributed by atoms with Gasteiger partial charge in [-0.2, -0.15) is 5.10 Å². The summed E-state index contributed by atoms with van der Waals surface area (Å²) in [6, 6.07) is 14.8. The van der Waals surface area contributed by atoms with Gasteiger partial charge in [-0.25, -0.2) is 0 Å². The van der Waals surface area contributed by atoms with Gasteiger partial charge in [0, 0.05) is 37.8 Å². The summed E-state index contributed by atoms with van der Waals surface area (Å²) in [6.45, 7) is 4.69. The van der Waals surface area contributed by atoms with E-state index in [9.17, 15) is 0 Å². The number of hydrogen-bond donors (Lipinski definition) is 0. The lowest BCUT2D eigenvalue weighted by atomic mass is 10.0. The second kappa shape index (κ2) is 5.31. The first-order valence-electron chi connectivity index (χ1n) is 8.61. The van der Waals surface area contributed by atoms with Crippen LogP contribution < -0.4 is 4.90 Å². The predicted molar refractivity (Wildman–Crippen MR) is 95.6 cm³/mol. The molecule has 0 amide bonds. The van der Waals surface area contributed by atoms with Gasteiger partial charge in [-0.3, -0.25) is 4.57 Å². The number of nitrogens with zero attached hydrogens (tertiary/aromatic N) is 5. The molecule has 5 rings (SSSR count). The number of fused-ring (bicyclic) bond motifs is 2. The molecule has 2 aliphatic rings. The first-order valence-corrected chi connectivity index (χ1v) is 8.61. The van der Waals surface area contributed by atoms with Gasteiger partial charge in [-0.1, -0.05) is 18.2 Å². The van der Waals surface area contributed by atoms with Crippen LogP contribution in [0.4, 0.5) is 5.82 Å². The number of aromatic nitrogens is 3. The van der Waals surface area contributed by atoms with E-state index in [1.165, 1.54) is 29.8 Å². The number of rotatable bonds is 2. The number of benzene rings is 1. The second-order valence-electron chi connectivity index (χ2n) is 7.12. The quantitative estimate of drug-likeness (QED) is 0.727. The molecule has 2 atom stereocenters. The van der Waals surface area contributed by atoms with Gasteiger partial charge in [0.25, 0.3) is 0 Å². The maximum atomic E-state index is 4.37. The van der Waals surface area contributed by atoms with Crippen LogP contribution in [0.3, 0.4) is 0 Å². The van der Waals surface area contributed by atoms with E-state index in [0.29, 0.717) is 0 Å². The van der Waals surface area contributed by atoms with Crippen molar-refractivity contribution in [3.05, 3.63) is 48.7 Å². The molecule has 0 aliphatic carbocycles. The van der Waals surface area contributed by atoms with Gasteiger partial charge in [0.1, 0.15) is 5.82 Å². The number of para-hydroxylation sites is 1. The molecule has 2 aliphatic heterocycles. The highest BCUT2D eigenvalue weighted by Crippen LogP contribution is 2.37. The minimum absolute atomic E-state index is 0.781. The minimum Gasteiger partial charge on any atom is -0.357 e. The molecule has 0 saturated carbocycles. The average Bonchev–Trinajstić information content (AvgIpc) is 3.25. The topological polar surface area (TPSA) is 37.2 Å². The summed E-state index contributed by atoms with van der Waals surface area (Å²) in [5.41, 5.74) is 1.20. The van der Waals surface area contributed by atoms with Crippen molar-refractivity contribution in [2.45, 2.75) is 0 Å². The Morgan fingerprint density at radius 2 is 1.75 bits per heavy atom. The zero-order valence-corrected chi connectivity index (χ0v) is 13.8. The van der Waals surface area contributed by atoms with Gasteiger partial charge in [-0.05, 0) is 43.1 Å². The molecule has 0 spiro atoms. The fourth-order valence-corrected chi connectivity index (χ4v) is 4.44. The van der Waals surface area contributed by atoms with E-state index in [-0.39, 0.29) is 0 Å². The van der Waals surface area contributed by atoms with E-state index >= 15 is 0 Å². The van der Waals surface area contributed by atoms with Crippen molar-refractivity contribution in [1.82, 2.24) is 19.7 Å². The Labute approximate surface area is 141 Å². The fourth-order valence-electron chi connectivity index (χ4n) is 4.44. The normalized spacial score (nSPS) is 24.0. The van der Waals surface area contributed by atoms with Crippen LogP contribution in [0.2, 0.25) is 0 Å². The lowest BCUT2D eigenvalue weighted by Crippen LogP contribution is -2.28. The highest BCUT2D eigenvalue weighted by molar-refractivity contribution is 5.87. The molecular formula is C19H21N5. The van der Waals surface area contributed by atoms with E-state index in [0.717, 1.165) is 30.7 Å². The summed E-state index contributed by atoms with van der Waals surface area (Å²) in [6.07, 6.45) is 1.73. The third-order valence-corrected chi connectivity index (χ3v) is 5.47. The second-order valence-corrected chi connectivity index (χ2v) is 7.12. The Kier molecular flexibility index (Phi) is 3.10. The van der Waals surface area contributed by atoms with Crippen LogP contribution in [0.1, 0.15) is 0 Å². The van der Waals surface area contributed by atoms with E-state index in [2.05, 4.69) is 61.9 Å². The third-order valence-electron chi connectivity index (χ3n) is 5.47. The number of anilines is 1. The molecule has 2 aromatic heterocycles. The van der Waals surface area contributed by atoms with E-state index in [1.54, 1.807) is 6.20 Å². The van der Waals surface area contributed by atoms with Crippen molar-refractivity contribution < 1.29 is 0 Å². The maximum absolute atomic E-state index is 4.37. The molecule has 2 fully saturated rings. The van der Waals surface area contributed by atoms with Crippen LogP contribution in [0.25, 0.3) is 16.7 Å². The van der Waals surface area contributed by atoms with Crippen LogP contribution in [0.15, 0.2) is 48.7 Å². The van der Waals surface area contributed by atoms with E-state index in [1.807, 2.05) is 12.1 Å². The summed E-state index contributed by atoms with van der Waals surface area (Å²) in [5, 5.41) is 9.71. The van der Waals surface area contributed by atoms with Crippen molar-refractivity contribution in [2.75, 3.05) is 38.1 Å². The largest absolute Gasteiger partial charge is 0.357 e. The molecule has 3 aromatic rings. The van der Waals surface area contributed by atoms with Crippen LogP contribution in [-0.2, 0) is 0 Å². The zero-order chi connectivity index (χ0) is 16.1. The lowest BCUT2D eigenvalue weighted by molar-refractivity contribution is 0.386. The SMILES string of the molecule is CN1CC2CN(c3cc4ccccc4n3-c3cccnn3)CC2C1. The first-order chi connectivity index (χ1) is 11.8. The average molecular weight is 319 g/mol. The molecule has 122 valence electrons. The maximum Gasteiger partial charge on any atom is 0.161 e. The molecule has 4 heterocycles. The Balaban J connectivity index is 1.61. The standard InChI is InChI=1S/C19H21N5/c1-22-10-15-12-23(13-16(15)11-22)19-9-14-5-2-3-6-17(14)24(19)18-7-4-8-20-21-18/h2-9,15-16H,10-13H2,1H3. The number of likely N-dealkylation sites (tertiary alicyclic amines) is 1. The molecule has 0 bridgehead atoms. The number of hydrogen-bond acceptors (Lipinski definition) is 4. The third kappa shape index (κ3) is 2.12. The van der Waals surface area contributed by atoms with Crippen molar-refractivity contribution in [3.63, 3.8) is 0 Å². The van der Waals surface area contributed by atoms with Crippen LogP contribution in [0.5, 0.6) is 0 Å². The summed E-state index contributed by atoms with van der Waals surface area (Å²) < 4.78 is 2.26. The molecule has 0 radical (unpaired) electrons. The minimum atomic E-state index is 0.781. The van der Waals surface area contributed by atoms with Crippen molar-refractivity contribution in [1.29, 1.82) is 0 Å². The van der Waals surface area contributed by atoms with Gasteiger partial charge in [0.05, 0.1) is 5.52 Å². The predicted octanol–water partition coefficient (Wildman–Crippen LogP) is 2.42. The Hall–Kier alpha value is -2.40. The van der Waals surface area contributed by atoms with Crippen LogP contribution >= 0.6 is 0 Å². The van der Waals surface area contributed by atoms with E-state index in [4.69, 9.17) is 0 Å². The summed E-state index contributed by atoms with van der Waals surface area (Å²) in [4.78, 5) is 5.00. The van der Waals surface area contributed by atoms with Gasteiger partial charge >= 0.3 is 0 Å². The highest BCUT2D eigenvalue weighted by Gasteiger charge is 2.39. The Morgan fingerprint density at radius 3 is 2.50 bits per heavy atom. The molecular weight excluding hydrogens is 298 g/mol. The zero-order valence-electron chi connectivity index (χ0n) is 13.8. The lowest BCUT2D eigenvalue weighted by Gasteiger charge is -2.22. The van der Waals surface area contributed by atoms with Gasteiger partial charge in [0.2, 0.25) is 0 Å². The molecule has 1 aromatic carbocycles. The summed E-state index contributed by atoms with van der Waals surface area (Å²) in [5.74, 6) is 3.70. The Morgan fingerprint density at radius 1 is 0.958 bits per heavy atom. The molecule has 24 heavy (non-hydrogen) atoms. The van der Waals surface area contributed by atoms with Gasteiger partial charge in [-0.15, -0.1) is 5.10 Å². The van der Waals surface area contributed by atoms with Gasteiger partial charge < -0.3 is 9.80 Å².